The highest BCUT2D eigenvalue weighted by Gasteiger charge is 2.25. The quantitative estimate of drug-likeness (QED) is 0.428. The molecule has 0 aliphatic carbocycles. The Balaban J connectivity index is 1.44. The van der Waals surface area contributed by atoms with Crippen LogP contribution < -0.4 is 15.0 Å². The van der Waals surface area contributed by atoms with Gasteiger partial charge in [-0.1, -0.05) is 23.5 Å². The van der Waals surface area contributed by atoms with E-state index in [0.717, 1.165) is 37.9 Å². The molecule has 2 aromatic heterocycles. The summed E-state index contributed by atoms with van der Waals surface area (Å²) >= 11 is 1.54. The Labute approximate surface area is 201 Å². The summed E-state index contributed by atoms with van der Waals surface area (Å²) in [6, 6.07) is 13.7. The van der Waals surface area contributed by atoms with Gasteiger partial charge in [0.1, 0.15) is 5.75 Å². The molecule has 0 unspecified atom stereocenters. The van der Waals surface area contributed by atoms with Gasteiger partial charge in [0, 0.05) is 26.2 Å². The van der Waals surface area contributed by atoms with Crippen molar-refractivity contribution in [1.29, 1.82) is 0 Å². The first-order valence-corrected chi connectivity index (χ1v) is 12.2. The zero-order chi connectivity index (χ0) is 23.5. The Morgan fingerprint density at radius 3 is 2.47 bits per heavy atom. The van der Waals surface area contributed by atoms with Crippen LogP contribution in [0.5, 0.6) is 5.75 Å². The van der Waals surface area contributed by atoms with Crippen LogP contribution in [0.2, 0.25) is 0 Å². The van der Waals surface area contributed by atoms with Gasteiger partial charge in [0.15, 0.2) is 16.8 Å². The first kappa shape index (κ1) is 22.1. The molecule has 2 aromatic carbocycles. The van der Waals surface area contributed by atoms with Crippen LogP contribution in [0.3, 0.4) is 0 Å². The lowest BCUT2D eigenvalue weighted by Gasteiger charge is -2.35. The predicted molar refractivity (Wildman–Crippen MR) is 134 cm³/mol. The predicted octanol–water partition coefficient (Wildman–Crippen LogP) is 4.66. The molecule has 0 radical (unpaired) electrons. The van der Waals surface area contributed by atoms with E-state index >= 15 is 0 Å². The number of piperazine rings is 1. The van der Waals surface area contributed by atoms with Crippen molar-refractivity contribution in [3.8, 4) is 5.75 Å². The molecule has 10 heteroatoms. The zero-order valence-electron chi connectivity index (χ0n) is 19.2. The molecule has 34 heavy (non-hydrogen) atoms. The highest BCUT2D eigenvalue weighted by atomic mass is 32.1. The highest BCUT2D eigenvalue weighted by Crippen LogP contribution is 2.34. The van der Waals surface area contributed by atoms with Crippen LogP contribution in [-0.2, 0) is 4.74 Å². The number of carbonyl (C=O) groups excluding carboxylic acids is 1. The Bertz CT molecular complexity index is 1320. The summed E-state index contributed by atoms with van der Waals surface area (Å²) < 4.78 is 11.8. The minimum absolute atomic E-state index is 0.272. The smallest absolute Gasteiger partial charge is 0.409 e. The van der Waals surface area contributed by atoms with Gasteiger partial charge in [-0.3, -0.25) is 0 Å². The Morgan fingerprint density at radius 2 is 1.74 bits per heavy atom. The summed E-state index contributed by atoms with van der Waals surface area (Å²) in [7, 11) is 0. The van der Waals surface area contributed by atoms with Crippen molar-refractivity contribution >= 4 is 55.4 Å². The third-order valence-corrected chi connectivity index (χ3v) is 6.49. The number of nitrogens with zero attached hydrogens (tertiary/aromatic N) is 5. The lowest BCUT2D eigenvalue weighted by atomic mass is 10.3. The van der Waals surface area contributed by atoms with E-state index < -0.39 is 0 Å². The summed E-state index contributed by atoms with van der Waals surface area (Å²) in [6.45, 7) is 7.18. The molecule has 1 aliphatic rings. The van der Waals surface area contributed by atoms with Gasteiger partial charge in [-0.2, -0.15) is 0 Å². The molecule has 0 saturated carbocycles. The Morgan fingerprint density at radius 1 is 0.971 bits per heavy atom. The molecule has 0 spiro atoms. The largest absolute Gasteiger partial charge is 0.494 e. The van der Waals surface area contributed by atoms with E-state index in [1.165, 1.54) is 0 Å². The molecule has 0 atom stereocenters. The molecular weight excluding hydrogens is 452 g/mol. The number of benzene rings is 2. The molecule has 1 fully saturated rings. The first-order valence-electron chi connectivity index (χ1n) is 11.4. The van der Waals surface area contributed by atoms with Crippen molar-refractivity contribution in [3.05, 3.63) is 42.5 Å². The molecule has 5 rings (SSSR count). The number of carbonyl (C=O) groups is 1. The van der Waals surface area contributed by atoms with Crippen LogP contribution in [-0.4, -0.2) is 65.3 Å². The number of para-hydroxylation sites is 2. The molecule has 1 aliphatic heterocycles. The second-order valence-electron chi connectivity index (χ2n) is 7.76. The number of amides is 1. The van der Waals surface area contributed by atoms with Gasteiger partial charge in [-0.25, -0.2) is 19.7 Å². The lowest BCUT2D eigenvalue weighted by Crippen LogP contribution is -2.49. The van der Waals surface area contributed by atoms with Crippen LogP contribution in [0.1, 0.15) is 13.8 Å². The third kappa shape index (κ3) is 4.54. The topological polar surface area (TPSA) is 92.7 Å². The van der Waals surface area contributed by atoms with E-state index in [2.05, 4.69) is 10.2 Å². The second-order valence-corrected chi connectivity index (χ2v) is 8.79. The van der Waals surface area contributed by atoms with Gasteiger partial charge >= 0.3 is 6.09 Å². The molecule has 1 amide bonds. The van der Waals surface area contributed by atoms with Crippen molar-refractivity contribution in [2.75, 3.05) is 49.6 Å². The normalized spacial score (nSPS) is 13.9. The van der Waals surface area contributed by atoms with Crippen LogP contribution in [0.15, 0.2) is 42.5 Å². The van der Waals surface area contributed by atoms with Crippen LogP contribution in [0, 0.1) is 0 Å². The van der Waals surface area contributed by atoms with Crippen LogP contribution in [0.25, 0.3) is 21.3 Å². The summed E-state index contributed by atoms with van der Waals surface area (Å²) in [4.78, 5) is 30.5. The van der Waals surface area contributed by atoms with E-state index in [9.17, 15) is 4.79 Å². The van der Waals surface area contributed by atoms with Crippen molar-refractivity contribution in [2.45, 2.75) is 13.8 Å². The molecule has 0 bridgehead atoms. The number of rotatable bonds is 6. The molecule has 3 heterocycles. The number of hydrogen-bond donors (Lipinski definition) is 1. The molecule has 1 N–H and O–H groups in total. The summed E-state index contributed by atoms with van der Waals surface area (Å²) in [5, 5.41) is 4.14. The minimum atomic E-state index is -0.272. The summed E-state index contributed by atoms with van der Waals surface area (Å²) in [5.41, 5.74) is 2.52. The number of aromatic nitrogens is 3. The van der Waals surface area contributed by atoms with Crippen LogP contribution >= 0.6 is 11.3 Å². The number of nitrogens with one attached hydrogen (secondary N) is 1. The van der Waals surface area contributed by atoms with Gasteiger partial charge in [0.05, 0.1) is 34.5 Å². The number of fused-ring (bicyclic) bond motifs is 2. The van der Waals surface area contributed by atoms with E-state index in [4.69, 9.17) is 24.4 Å². The maximum atomic E-state index is 12.1. The van der Waals surface area contributed by atoms with Crippen molar-refractivity contribution in [3.63, 3.8) is 0 Å². The van der Waals surface area contributed by atoms with Gasteiger partial charge in [0.2, 0.25) is 0 Å². The number of anilines is 3. The fourth-order valence-electron chi connectivity index (χ4n) is 3.93. The van der Waals surface area contributed by atoms with Crippen molar-refractivity contribution in [1.82, 2.24) is 19.9 Å². The fraction of sp³-hybridized carbons (Fsp3) is 0.333. The zero-order valence-corrected chi connectivity index (χ0v) is 20.0. The molecule has 176 valence electrons. The standard InChI is InChI=1S/C24H26N6O3S/c1-3-32-16-9-10-19-20(15-16)34-23(27-19)28-21-22(26-18-8-6-5-7-17(18)25-21)29-11-13-30(14-12-29)24(31)33-4-2/h5-10,15H,3-4,11-14H2,1-2H3,(H,25,27,28). The van der Waals surface area contributed by atoms with E-state index in [1.807, 2.05) is 56.3 Å². The second kappa shape index (κ2) is 9.68. The third-order valence-electron chi connectivity index (χ3n) is 5.55. The minimum Gasteiger partial charge on any atom is -0.494 e. The number of hydrogen-bond acceptors (Lipinski definition) is 9. The monoisotopic (exact) mass is 478 g/mol. The van der Waals surface area contributed by atoms with E-state index in [1.54, 1.807) is 16.2 Å². The van der Waals surface area contributed by atoms with Gasteiger partial charge in [0.25, 0.3) is 0 Å². The molecule has 4 aromatic rings. The molecule has 1 saturated heterocycles. The van der Waals surface area contributed by atoms with Gasteiger partial charge < -0.3 is 24.6 Å². The van der Waals surface area contributed by atoms with Gasteiger partial charge in [-0.05, 0) is 44.2 Å². The summed E-state index contributed by atoms with van der Waals surface area (Å²) in [5.74, 6) is 2.22. The SMILES string of the molecule is CCOC(=O)N1CCN(c2nc3ccccc3nc2Nc2nc3ccc(OCC)cc3s2)CC1. The average Bonchev–Trinajstić information content (AvgIpc) is 3.25. The average molecular weight is 479 g/mol. The number of ether oxygens (including phenoxy) is 2. The first-order chi connectivity index (χ1) is 16.6. The fourth-order valence-corrected chi connectivity index (χ4v) is 4.82. The Kier molecular flexibility index (Phi) is 6.31. The van der Waals surface area contributed by atoms with E-state index in [0.29, 0.717) is 45.2 Å². The Hall–Kier alpha value is -3.66. The van der Waals surface area contributed by atoms with Crippen molar-refractivity contribution < 1.29 is 14.3 Å². The number of thiazole rings is 1. The highest BCUT2D eigenvalue weighted by molar-refractivity contribution is 7.22. The van der Waals surface area contributed by atoms with Crippen molar-refractivity contribution in [2.24, 2.45) is 0 Å². The lowest BCUT2D eigenvalue weighted by molar-refractivity contribution is 0.105. The molecule has 9 nitrogen and oxygen atoms in total. The van der Waals surface area contributed by atoms with Gasteiger partial charge in [-0.15, -0.1) is 0 Å². The van der Waals surface area contributed by atoms with Crippen LogP contribution in [0.4, 0.5) is 21.6 Å². The maximum absolute atomic E-state index is 12.1. The maximum Gasteiger partial charge on any atom is 0.409 e. The van der Waals surface area contributed by atoms with E-state index in [-0.39, 0.29) is 6.09 Å². The molecular formula is C24H26N6O3S. The summed E-state index contributed by atoms with van der Waals surface area (Å²) in [6.07, 6.45) is -0.272.